The largest absolute Gasteiger partial charge is 0.462 e. The molecule has 0 bridgehead atoms. The fourth-order valence-electron chi connectivity index (χ4n) is 3.35. The minimum Gasteiger partial charge on any atom is -0.462 e. The second-order valence-electron chi connectivity index (χ2n) is 7.21. The molecule has 2 aromatic rings. The van der Waals surface area contributed by atoms with Crippen LogP contribution in [0, 0.1) is 0 Å². The number of nitrogens with two attached hydrogens (primary N) is 1. The number of rotatable bonds is 9. The molecule has 1 aliphatic heterocycles. The molecule has 1 aliphatic rings. The van der Waals surface area contributed by atoms with Crippen molar-refractivity contribution < 1.29 is 41.7 Å². The van der Waals surface area contributed by atoms with E-state index >= 15 is 0 Å². The first kappa shape index (κ1) is 26.6. The molecule has 0 saturated carbocycles. The van der Waals surface area contributed by atoms with Crippen molar-refractivity contribution in [3.05, 3.63) is 45.8 Å². The highest BCUT2D eigenvalue weighted by molar-refractivity contribution is 7.89. The number of nitrogens with zero attached hydrogens (tertiary/aromatic N) is 1. The molecular formula is C22H26N2O9S2. The van der Waals surface area contributed by atoms with Gasteiger partial charge in [-0.2, -0.15) is 4.31 Å². The number of hydrogen-bond acceptors (Lipinski definition) is 11. The third-order valence-electron chi connectivity index (χ3n) is 5.00. The molecule has 2 heterocycles. The van der Waals surface area contributed by atoms with Crippen molar-refractivity contribution in [2.24, 2.45) is 0 Å². The summed E-state index contributed by atoms with van der Waals surface area (Å²) in [7, 11) is -3.82. The third-order valence-corrected chi connectivity index (χ3v) is 7.94. The lowest BCUT2D eigenvalue weighted by Gasteiger charge is -2.26. The summed E-state index contributed by atoms with van der Waals surface area (Å²) in [6.45, 7) is 3.93. The monoisotopic (exact) mass is 526 g/mol. The number of benzene rings is 1. The zero-order valence-corrected chi connectivity index (χ0v) is 20.9. The Morgan fingerprint density at radius 1 is 1.03 bits per heavy atom. The van der Waals surface area contributed by atoms with E-state index in [0.29, 0.717) is 0 Å². The van der Waals surface area contributed by atoms with Crippen LogP contribution in [0.5, 0.6) is 0 Å². The van der Waals surface area contributed by atoms with Crippen LogP contribution in [0.25, 0.3) is 0 Å². The molecule has 11 nitrogen and oxygen atoms in total. The summed E-state index contributed by atoms with van der Waals surface area (Å²) in [6, 6.07) is 5.44. The first-order chi connectivity index (χ1) is 16.7. The molecule has 190 valence electrons. The van der Waals surface area contributed by atoms with Crippen molar-refractivity contribution in [2.45, 2.75) is 25.3 Å². The Morgan fingerprint density at radius 3 is 2.34 bits per heavy atom. The fraction of sp³-hybridized carbons (Fsp3) is 0.409. The summed E-state index contributed by atoms with van der Waals surface area (Å²) >= 11 is 0.828. The van der Waals surface area contributed by atoms with E-state index in [2.05, 4.69) is 0 Å². The van der Waals surface area contributed by atoms with Gasteiger partial charge >= 0.3 is 17.9 Å². The van der Waals surface area contributed by atoms with Crippen LogP contribution in [0.1, 0.15) is 49.8 Å². The predicted octanol–water partition coefficient (Wildman–Crippen LogP) is 2.06. The second kappa shape index (κ2) is 11.6. The van der Waals surface area contributed by atoms with Gasteiger partial charge in [0, 0.05) is 18.7 Å². The van der Waals surface area contributed by atoms with Gasteiger partial charge in [0.15, 0.2) is 0 Å². The Balaban J connectivity index is 1.85. The normalized spacial score (nSPS) is 14.3. The highest BCUT2D eigenvalue weighted by atomic mass is 32.2. The molecular weight excluding hydrogens is 500 g/mol. The molecule has 1 aromatic heterocycles. The van der Waals surface area contributed by atoms with Crippen LogP contribution < -0.4 is 5.73 Å². The molecule has 3 rings (SSSR count). The SMILES string of the molecule is CCOC(=O)c1sc(N)c(C(=O)OCC)c1COC(=O)c1cccc(S(=O)(=O)N2CCOCC2)c1. The molecule has 0 unspecified atom stereocenters. The lowest BCUT2D eigenvalue weighted by molar-refractivity contribution is 0.0437. The number of thiophene rings is 1. The summed E-state index contributed by atoms with van der Waals surface area (Å²) in [6.07, 6.45) is 0. The van der Waals surface area contributed by atoms with Crippen molar-refractivity contribution in [1.82, 2.24) is 4.31 Å². The molecule has 0 radical (unpaired) electrons. The maximum Gasteiger partial charge on any atom is 0.348 e. The summed E-state index contributed by atoms with van der Waals surface area (Å²) < 4.78 is 47.7. The van der Waals surface area contributed by atoms with Gasteiger partial charge in [0.2, 0.25) is 10.0 Å². The minimum atomic E-state index is -3.82. The smallest absolute Gasteiger partial charge is 0.348 e. The van der Waals surface area contributed by atoms with Gasteiger partial charge in [-0.3, -0.25) is 0 Å². The van der Waals surface area contributed by atoms with Crippen molar-refractivity contribution in [3.8, 4) is 0 Å². The zero-order valence-electron chi connectivity index (χ0n) is 19.3. The van der Waals surface area contributed by atoms with Crippen LogP contribution in [0.3, 0.4) is 0 Å². The first-order valence-corrected chi connectivity index (χ1v) is 13.1. The van der Waals surface area contributed by atoms with E-state index in [-0.39, 0.29) is 71.0 Å². The van der Waals surface area contributed by atoms with Crippen LogP contribution in [-0.4, -0.2) is 70.1 Å². The predicted molar refractivity (Wildman–Crippen MR) is 126 cm³/mol. The second-order valence-corrected chi connectivity index (χ2v) is 10.2. The van der Waals surface area contributed by atoms with E-state index < -0.39 is 34.5 Å². The van der Waals surface area contributed by atoms with E-state index in [9.17, 15) is 22.8 Å². The Labute approximate surface area is 206 Å². The number of carbonyl (C=O) groups is 3. The van der Waals surface area contributed by atoms with Gasteiger partial charge in [-0.05, 0) is 32.0 Å². The lowest BCUT2D eigenvalue weighted by Crippen LogP contribution is -2.40. The van der Waals surface area contributed by atoms with Crippen LogP contribution in [0.15, 0.2) is 29.2 Å². The number of nitrogen functional groups attached to an aromatic ring is 1. The minimum absolute atomic E-state index is 0.0158. The van der Waals surface area contributed by atoms with Crippen LogP contribution in [0.4, 0.5) is 5.00 Å². The van der Waals surface area contributed by atoms with E-state index in [4.69, 9.17) is 24.7 Å². The summed E-state index contributed by atoms with van der Waals surface area (Å²) in [5, 5.41) is 0.0242. The maximum atomic E-state index is 12.9. The molecule has 0 atom stereocenters. The van der Waals surface area contributed by atoms with Gasteiger partial charge in [-0.15, -0.1) is 11.3 Å². The topological polar surface area (TPSA) is 152 Å². The van der Waals surface area contributed by atoms with E-state index in [1.54, 1.807) is 13.8 Å². The molecule has 2 N–H and O–H groups in total. The van der Waals surface area contributed by atoms with Crippen LogP contribution in [0.2, 0.25) is 0 Å². The highest BCUT2D eigenvalue weighted by Crippen LogP contribution is 2.33. The zero-order chi connectivity index (χ0) is 25.6. The van der Waals surface area contributed by atoms with Gasteiger partial charge in [-0.1, -0.05) is 6.07 Å². The average Bonchev–Trinajstić information content (AvgIpc) is 3.19. The maximum absolute atomic E-state index is 12.9. The summed E-state index contributed by atoms with van der Waals surface area (Å²) in [5.74, 6) is -2.33. The van der Waals surface area contributed by atoms with Crippen molar-refractivity contribution in [2.75, 3.05) is 45.3 Å². The molecule has 35 heavy (non-hydrogen) atoms. The quantitative estimate of drug-likeness (QED) is 0.380. The first-order valence-electron chi connectivity index (χ1n) is 10.8. The highest BCUT2D eigenvalue weighted by Gasteiger charge is 2.30. The average molecular weight is 527 g/mol. The van der Waals surface area contributed by atoms with Crippen molar-refractivity contribution in [3.63, 3.8) is 0 Å². The number of esters is 3. The van der Waals surface area contributed by atoms with Crippen LogP contribution >= 0.6 is 11.3 Å². The Hall–Kier alpha value is -3.00. The Morgan fingerprint density at radius 2 is 1.69 bits per heavy atom. The number of ether oxygens (including phenoxy) is 4. The van der Waals surface area contributed by atoms with Crippen molar-refractivity contribution in [1.29, 1.82) is 0 Å². The van der Waals surface area contributed by atoms with E-state index in [0.717, 1.165) is 11.3 Å². The molecule has 13 heteroatoms. The number of carbonyl (C=O) groups excluding carboxylic acids is 3. The summed E-state index contributed by atoms with van der Waals surface area (Å²) in [5.41, 5.74) is 5.93. The van der Waals surface area contributed by atoms with Crippen LogP contribution in [-0.2, 0) is 35.6 Å². The third kappa shape index (κ3) is 5.99. The van der Waals surface area contributed by atoms with Gasteiger partial charge < -0.3 is 24.7 Å². The lowest BCUT2D eigenvalue weighted by atomic mass is 10.1. The molecule has 1 fully saturated rings. The molecule has 0 amide bonds. The molecule has 1 aromatic carbocycles. The van der Waals surface area contributed by atoms with Gasteiger partial charge in [0.05, 0.1) is 36.9 Å². The standard InChI is InChI=1S/C22H26N2O9S2/c1-3-31-21(26)17-16(18(34-19(17)23)22(27)32-4-2)13-33-20(25)14-6-5-7-15(12-14)35(28,29)24-8-10-30-11-9-24/h5-7,12H,3-4,8-11,13,23H2,1-2H3. The number of hydrogen-bond donors (Lipinski definition) is 1. The number of morpholine rings is 1. The number of anilines is 1. The molecule has 1 saturated heterocycles. The Bertz CT molecular complexity index is 1200. The Kier molecular flexibility index (Phi) is 8.83. The van der Waals surface area contributed by atoms with Crippen molar-refractivity contribution >= 4 is 44.3 Å². The van der Waals surface area contributed by atoms with Gasteiger partial charge in [0.1, 0.15) is 22.0 Å². The summed E-state index contributed by atoms with van der Waals surface area (Å²) in [4.78, 5) is 37.6. The van der Waals surface area contributed by atoms with Gasteiger partial charge in [0.25, 0.3) is 0 Å². The van der Waals surface area contributed by atoms with E-state index in [1.165, 1.54) is 28.6 Å². The fourth-order valence-corrected chi connectivity index (χ4v) is 5.76. The van der Waals surface area contributed by atoms with Gasteiger partial charge in [-0.25, -0.2) is 22.8 Å². The van der Waals surface area contributed by atoms with E-state index in [1.807, 2.05) is 0 Å². The number of sulfonamides is 1. The molecule has 0 spiro atoms. The molecule has 0 aliphatic carbocycles.